The van der Waals surface area contributed by atoms with Crippen LogP contribution in [-0.4, -0.2) is 54.2 Å². The van der Waals surface area contributed by atoms with Gasteiger partial charge in [-0.15, -0.1) is 0 Å². The Hall–Kier alpha value is -0.720. The molecule has 1 saturated carbocycles. The van der Waals surface area contributed by atoms with Crippen molar-refractivity contribution in [2.45, 2.75) is 84.7 Å². The van der Waals surface area contributed by atoms with E-state index in [1.54, 1.807) is 0 Å². The number of nitrogens with zero attached hydrogens (tertiary/aromatic N) is 1. The van der Waals surface area contributed by atoms with Gasteiger partial charge in [0.1, 0.15) is 6.04 Å². The van der Waals surface area contributed by atoms with E-state index < -0.39 is 0 Å². The molecule has 6 heteroatoms. The summed E-state index contributed by atoms with van der Waals surface area (Å²) in [4.78, 5) is 15.8. The van der Waals surface area contributed by atoms with Gasteiger partial charge in [0.25, 0.3) is 0 Å². The fourth-order valence-electron chi connectivity index (χ4n) is 4.44. The molecule has 2 fully saturated rings. The molecule has 0 bridgehead atoms. The van der Waals surface area contributed by atoms with Crippen LogP contribution in [0, 0.1) is 17.3 Å². The number of unbranched alkanes of at least 4 members (excludes halogenated alkanes) is 1. The standard InChI is InChI=1S/C22H41N3O2S/c1-5-6-8-16-11-17(12-16)14-27-15-18-9-7-10-25(18)21(26)20(22(2,3)4)24-19(28)13-23/h16-18,20H,5-15,23H2,1-4H3,(H,24,28)/t16?,17?,18-,20-/m1/s1. The van der Waals surface area contributed by atoms with Gasteiger partial charge in [-0.3, -0.25) is 4.79 Å². The molecule has 2 atom stereocenters. The maximum Gasteiger partial charge on any atom is 0.245 e. The van der Waals surface area contributed by atoms with Crippen molar-refractivity contribution in [3.63, 3.8) is 0 Å². The number of nitrogens with two attached hydrogens (primary N) is 1. The van der Waals surface area contributed by atoms with E-state index >= 15 is 0 Å². The number of rotatable bonds is 10. The van der Waals surface area contributed by atoms with Crippen molar-refractivity contribution >= 4 is 23.1 Å². The first kappa shape index (κ1) is 23.6. The molecule has 1 aliphatic heterocycles. The summed E-state index contributed by atoms with van der Waals surface area (Å²) in [6, 6.07) is -0.170. The van der Waals surface area contributed by atoms with Crippen molar-refractivity contribution in [3.05, 3.63) is 0 Å². The lowest BCUT2D eigenvalue weighted by Gasteiger charge is -2.37. The van der Waals surface area contributed by atoms with Crippen molar-refractivity contribution in [2.75, 3.05) is 26.3 Å². The average molecular weight is 412 g/mol. The lowest BCUT2D eigenvalue weighted by atomic mass is 9.73. The fourth-order valence-corrected chi connectivity index (χ4v) is 4.56. The van der Waals surface area contributed by atoms with Crippen LogP contribution in [0.3, 0.4) is 0 Å². The summed E-state index contributed by atoms with van der Waals surface area (Å²) in [6.07, 6.45) is 8.73. The first-order valence-electron chi connectivity index (χ1n) is 11.1. The van der Waals surface area contributed by atoms with Crippen LogP contribution in [0.2, 0.25) is 0 Å². The molecule has 1 aliphatic carbocycles. The molecule has 0 radical (unpaired) electrons. The number of carbonyl (C=O) groups excluding carboxylic acids is 1. The predicted octanol–water partition coefficient (Wildman–Crippen LogP) is 3.50. The Balaban J connectivity index is 1.80. The summed E-state index contributed by atoms with van der Waals surface area (Å²) < 4.78 is 6.06. The van der Waals surface area contributed by atoms with Gasteiger partial charge >= 0.3 is 0 Å². The molecule has 2 rings (SSSR count). The molecule has 28 heavy (non-hydrogen) atoms. The van der Waals surface area contributed by atoms with Gasteiger partial charge in [0.15, 0.2) is 0 Å². The van der Waals surface area contributed by atoms with Gasteiger partial charge < -0.3 is 20.7 Å². The Morgan fingerprint density at radius 2 is 2.00 bits per heavy atom. The second-order valence-electron chi connectivity index (χ2n) is 9.78. The number of likely N-dealkylation sites (tertiary alicyclic amines) is 1. The predicted molar refractivity (Wildman–Crippen MR) is 119 cm³/mol. The topological polar surface area (TPSA) is 67.6 Å². The summed E-state index contributed by atoms with van der Waals surface area (Å²) in [5.74, 6) is 1.76. The summed E-state index contributed by atoms with van der Waals surface area (Å²) in [5.41, 5.74) is 5.41. The highest BCUT2D eigenvalue weighted by atomic mass is 32.1. The molecule has 0 aromatic carbocycles. The molecule has 1 amide bonds. The van der Waals surface area contributed by atoms with Crippen LogP contribution in [0.4, 0.5) is 0 Å². The van der Waals surface area contributed by atoms with Crippen molar-refractivity contribution in [3.8, 4) is 0 Å². The molecule has 2 aliphatic rings. The Bertz CT molecular complexity index is 514. The highest BCUT2D eigenvalue weighted by Gasteiger charge is 2.39. The lowest BCUT2D eigenvalue weighted by Crippen LogP contribution is -2.56. The van der Waals surface area contributed by atoms with Crippen LogP contribution in [0.15, 0.2) is 0 Å². The normalized spacial score (nSPS) is 26.0. The number of hydrogen-bond donors (Lipinski definition) is 2. The molecule has 5 nitrogen and oxygen atoms in total. The van der Waals surface area contributed by atoms with E-state index in [4.69, 9.17) is 22.7 Å². The molecular formula is C22H41N3O2S. The van der Waals surface area contributed by atoms with Gasteiger partial charge in [0.2, 0.25) is 5.91 Å². The quantitative estimate of drug-likeness (QED) is 0.539. The minimum atomic E-state index is -0.352. The smallest absolute Gasteiger partial charge is 0.245 e. The number of hydrogen-bond acceptors (Lipinski definition) is 4. The monoisotopic (exact) mass is 411 g/mol. The SMILES string of the molecule is CCCCC1CC(COC[C@H]2CCCN2C(=O)[C@@H](NC(=S)CN)C(C)(C)C)C1. The van der Waals surface area contributed by atoms with Crippen LogP contribution < -0.4 is 11.1 Å². The van der Waals surface area contributed by atoms with Gasteiger partial charge in [-0.05, 0) is 42.9 Å². The van der Waals surface area contributed by atoms with Crippen LogP contribution in [0.25, 0.3) is 0 Å². The third-order valence-electron chi connectivity index (χ3n) is 6.23. The minimum absolute atomic E-state index is 0.123. The Kier molecular flexibility index (Phi) is 9.16. The van der Waals surface area contributed by atoms with Crippen molar-refractivity contribution in [2.24, 2.45) is 23.0 Å². The largest absolute Gasteiger partial charge is 0.379 e. The minimum Gasteiger partial charge on any atom is -0.379 e. The van der Waals surface area contributed by atoms with Gasteiger partial charge in [-0.25, -0.2) is 0 Å². The van der Waals surface area contributed by atoms with Gasteiger partial charge in [0.05, 0.1) is 17.6 Å². The van der Waals surface area contributed by atoms with Crippen molar-refractivity contribution in [1.82, 2.24) is 10.2 Å². The second-order valence-corrected chi connectivity index (χ2v) is 10.3. The van der Waals surface area contributed by atoms with Crippen LogP contribution in [0.5, 0.6) is 0 Å². The Morgan fingerprint density at radius 1 is 1.29 bits per heavy atom. The van der Waals surface area contributed by atoms with Crippen molar-refractivity contribution in [1.29, 1.82) is 0 Å². The molecule has 0 aromatic heterocycles. The molecule has 3 N–H and O–H groups in total. The molecule has 1 heterocycles. The summed E-state index contributed by atoms with van der Waals surface area (Å²) in [5, 5.41) is 3.19. The molecule has 1 saturated heterocycles. The lowest BCUT2D eigenvalue weighted by molar-refractivity contribution is -0.137. The van der Waals surface area contributed by atoms with E-state index in [-0.39, 0.29) is 30.0 Å². The summed E-state index contributed by atoms with van der Waals surface area (Å²) >= 11 is 5.25. The Labute approximate surface area is 177 Å². The number of nitrogens with one attached hydrogen (secondary N) is 1. The fraction of sp³-hybridized carbons (Fsp3) is 0.909. The van der Waals surface area contributed by atoms with Gasteiger partial charge in [0, 0.05) is 19.7 Å². The molecule has 0 unspecified atom stereocenters. The van der Waals surface area contributed by atoms with E-state index in [9.17, 15) is 4.79 Å². The second kappa shape index (κ2) is 10.9. The van der Waals surface area contributed by atoms with Crippen LogP contribution in [0.1, 0.15) is 72.6 Å². The van der Waals surface area contributed by atoms with E-state index in [2.05, 4.69) is 33.0 Å². The van der Waals surface area contributed by atoms with E-state index in [0.29, 0.717) is 11.6 Å². The first-order valence-corrected chi connectivity index (χ1v) is 11.5. The number of carbonyl (C=O) groups is 1. The zero-order valence-electron chi connectivity index (χ0n) is 18.3. The zero-order chi connectivity index (χ0) is 20.7. The highest BCUT2D eigenvalue weighted by molar-refractivity contribution is 7.80. The maximum absolute atomic E-state index is 13.3. The van der Waals surface area contributed by atoms with E-state index in [1.165, 1.54) is 32.1 Å². The van der Waals surface area contributed by atoms with E-state index in [0.717, 1.165) is 37.8 Å². The van der Waals surface area contributed by atoms with Crippen LogP contribution >= 0.6 is 12.2 Å². The molecular weight excluding hydrogens is 370 g/mol. The maximum atomic E-state index is 13.3. The van der Waals surface area contributed by atoms with Gasteiger partial charge in [-0.2, -0.15) is 0 Å². The first-order chi connectivity index (χ1) is 13.3. The van der Waals surface area contributed by atoms with E-state index in [1.807, 2.05) is 4.90 Å². The summed E-state index contributed by atoms with van der Waals surface area (Å²) in [6.45, 7) is 11.0. The number of ether oxygens (including phenoxy) is 1. The third kappa shape index (κ3) is 6.67. The van der Waals surface area contributed by atoms with Crippen LogP contribution in [-0.2, 0) is 9.53 Å². The van der Waals surface area contributed by atoms with Gasteiger partial charge in [-0.1, -0.05) is 59.2 Å². The Morgan fingerprint density at radius 3 is 2.61 bits per heavy atom. The summed E-state index contributed by atoms with van der Waals surface area (Å²) in [7, 11) is 0. The molecule has 162 valence electrons. The zero-order valence-corrected chi connectivity index (χ0v) is 19.2. The number of thiocarbonyl (C=S) groups is 1. The number of amides is 1. The van der Waals surface area contributed by atoms with Crippen molar-refractivity contribution < 1.29 is 9.53 Å². The highest BCUT2D eigenvalue weighted by Crippen LogP contribution is 2.37. The molecule has 0 spiro atoms. The average Bonchev–Trinajstić information content (AvgIpc) is 3.07. The molecule has 0 aromatic rings. The third-order valence-corrected chi connectivity index (χ3v) is 6.51.